The van der Waals surface area contributed by atoms with Gasteiger partial charge in [-0.3, -0.25) is 9.36 Å². The molecule has 0 radical (unpaired) electrons. The van der Waals surface area contributed by atoms with Crippen LogP contribution >= 0.6 is 23.4 Å². The van der Waals surface area contributed by atoms with E-state index in [0.29, 0.717) is 23.3 Å². The minimum absolute atomic E-state index is 0.00513. The summed E-state index contributed by atoms with van der Waals surface area (Å²) < 4.78 is 46.6. The molecule has 34 heavy (non-hydrogen) atoms. The monoisotopic (exact) mass is 510 g/mol. The van der Waals surface area contributed by atoms with Gasteiger partial charge in [-0.1, -0.05) is 47.1 Å². The van der Waals surface area contributed by atoms with Crippen molar-refractivity contribution in [3.05, 3.63) is 77.1 Å². The molecule has 1 N–H and O–H groups in total. The fourth-order valence-corrected chi connectivity index (χ4v) is 3.92. The number of aromatic nitrogens is 3. The quantitative estimate of drug-likeness (QED) is 0.269. The average molecular weight is 511 g/mol. The summed E-state index contributed by atoms with van der Waals surface area (Å²) >= 11 is 7.03. The van der Waals surface area contributed by atoms with Gasteiger partial charge < -0.3 is 10.1 Å². The number of rotatable bonds is 9. The third-order valence-electron chi connectivity index (χ3n) is 4.65. The molecule has 180 valence electrons. The van der Waals surface area contributed by atoms with Gasteiger partial charge >= 0.3 is 6.18 Å². The molecular weight excluding hydrogens is 489 g/mol. The van der Waals surface area contributed by atoms with E-state index < -0.39 is 23.8 Å². The number of nitrogens with zero attached hydrogens (tertiary/aromatic N) is 3. The number of hydrogen-bond acceptors (Lipinski definition) is 5. The summed E-state index contributed by atoms with van der Waals surface area (Å²) in [6, 6.07) is 10.3. The Morgan fingerprint density at radius 1 is 1.26 bits per heavy atom. The molecule has 0 saturated carbocycles. The molecular formula is C23H22ClF3N4O2S. The lowest BCUT2D eigenvalue weighted by atomic mass is 10.2. The maximum absolute atomic E-state index is 13.0. The Labute approximate surface area is 204 Å². The van der Waals surface area contributed by atoms with Crippen molar-refractivity contribution < 1.29 is 22.7 Å². The van der Waals surface area contributed by atoms with Gasteiger partial charge in [-0.2, -0.15) is 13.2 Å². The second-order valence-electron chi connectivity index (χ2n) is 7.34. The zero-order valence-electron chi connectivity index (χ0n) is 18.4. The van der Waals surface area contributed by atoms with Gasteiger partial charge in [-0.05, 0) is 44.2 Å². The molecule has 1 atom stereocenters. The zero-order valence-corrected chi connectivity index (χ0v) is 20.0. The summed E-state index contributed by atoms with van der Waals surface area (Å²) in [6.45, 7) is 7.94. The molecule has 0 aliphatic heterocycles. The van der Waals surface area contributed by atoms with Crippen LogP contribution in [0.1, 0.15) is 30.0 Å². The van der Waals surface area contributed by atoms with E-state index in [2.05, 4.69) is 22.1 Å². The number of amides is 1. The molecule has 1 unspecified atom stereocenters. The van der Waals surface area contributed by atoms with E-state index in [4.69, 9.17) is 16.3 Å². The van der Waals surface area contributed by atoms with E-state index in [1.807, 2.05) is 38.1 Å². The SMILES string of the molecule is C=CCn1c(SCC(=O)Nc2cc(C(F)(F)F)ccc2Cl)nnc1C(C)Oc1ccc(C)cc1. The number of ether oxygens (including phenoxy) is 1. The van der Waals surface area contributed by atoms with E-state index in [1.165, 1.54) is 0 Å². The number of nitrogens with one attached hydrogen (secondary N) is 1. The van der Waals surface area contributed by atoms with Crippen molar-refractivity contribution in [2.24, 2.45) is 0 Å². The van der Waals surface area contributed by atoms with E-state index in [1.54, 1.807) is 10.6 Å². The first kappa shape index (κ1) is 25.6. The van der Waals surface area contributed by atoms with E-state index in [9.17, 15) is 18.0 Å². The highest BCUT2D eigenvalue weighted by Gasteiger charge is 2.31. The van der Waals surface area contributed by atoms with Gasteiger partial charge in [0.1, 0.15) is 5.75 Å². The molecule has 11 heteroatoms. The number of alkyl halides is 3. The molecule has 0 aliphatic carbocycles. The van der Waals surface area contributed by atoms with Gasteiger partial charge in [0.2, 0.25) is 5.91 Å². The molecule has 0 spiro atoms. The highest BCUT2D eigenvalue weighted by Crippen LogP contribution is 2.34. The van der Waals surface area contributed by atoms with Gasteiger partial charge in [0.05, 0.1) is 22.0 Å². The summed E-state index contributed by atoms with van der Waals surface area (Å²) in [4.78, 5) is 12.4. The van der Waals surface area contributed by atoms with Crippen molar-refractivity contribution in [3.63, 3.8) is 0 Å². The van der Waals surface area contributed by atoms with Gasteiger partial charge in [0, 0.05) is 6.54 Å². The number of thioether (sulfide) groups is 1. The van der Waals surface area contributed by atoms with Crippen LogP contribution in [0.25, 0.3) is 0 Å². The molecule has 1 aromatic heterocycles. The summed E-state index contributed by atoms with van der Waals surface area (Å²) in [5, 5.41) is 11.2. The predicted molar refractivity (Wildman–Crippen MR) is 126 cm³/mol. The molecule has 1 amide bonds. The first-order valence-corrected chi connectivity index (χ1v) is 11.5. The standard InChI is InChI=1S/C23H22ClF3N4O2S/c1-4-11-31-21(15(3)33-17-8-5-14(2)6-9-17)29-30-22(31)34-13-20(32)28-19-12-16(23(25,26)27)7-10-18(19)24/h4-10,12,15H,1,11,13H2,2-3H3,(H,28,32). The van der Waals surface area contributed by atoms with Gasteiger partial charge in [0.15, 0.2) is 17.1 Å². The lowest BCUT2D eigenvalue weighted by molar-refractivity contribution is -0.137. The second kappa shape index (κ2) is 11.0. The third kappa shape index (κ3) is 6.54. The normalized spacial score (nSPS) is 12.3. The Kier molecular flexibility index (Phi) is 8.27. The van der Waals surface area contributed by atoms with Crippen molar-refractivity contribution >= 4 is 35.0 Å². The number of anilines is 1. The Bertz CT molecular complexity index is 1170. The predicted octanol–water partition coefficient (Wildman–Crippen LogP) is 6.32. The maximum Gasteiger partial charge on any atom is 0.416 e. The zero-order chi connectivity index (χ0) is 24.9. The number of benzene rings is 2. The van der Waals surface area contributed by atoms with Crippen molar-refractivity contribution in [2.45, 2.75) is 37.8 Å². The van der Waals surface area contributed by atoms with E-state index in [-0.39, 0.29) is 16.5 Å². The van der Waals surface area contributed by atoms with Crippen molar-refractivity contribution in [3.8, 4) is 5.75 Å². The Morgan fingerprint density at radius 2 is 1.97 bits per heavy atom. The molecule has 0 saturated heterocycles. The van der Waals surface area contributed by atoms with Crippen LogP contribution in [0, 0.1) is 6.92 Å². The summed E-state index contributed by atoms with van der Waals surface area (Å²) in [7, 11) is 0. The van der Waals surface area contributed by atoms with Crippen molar-refractivity contribution in [1.82, 2.24) is 14.8 Å². The van der Waals surface area contributed by atoms with Crippen LogP contribution in [0.5, 0.6) is 5.75 Å². The average Bonchev–Trinajstić information content (AvgIpc) is 3.17. The Balaban J connectivity index is 1.69. The molecule has 1 heterocycles. The summed E-state index contributed by atoms with van der Waals surface area (Å²) in [5.74, 6) is 0.571. The molecule has 3 rings (SSSR count). The maximum atomic E-state index is 13.0. The molecule has 0 bridgehead atoms. The van der Waals surface area contributed by atoms with Crippen LogP contribution in [-0.2, 0) is 17.5 Å². The fraction of sp³-hybridized carbons (Fsp3) is 0.261. The van der Waals surface area contributed by atoms with Gasteiger partial charge in [-0.15, -0.1) is 16.8 Å². The molecule has 0 fully saturated rings. The third-order valence-corrected chi connectivity index (χ3v) is 5.95. The van der Waals surface area contributed by atoms with Gasteiger partial charge in [-0.25, -0.2) is 0 Å². The van der Waals surface area contributed by atoms with E-state index in [0.717, 1.165) is 35.5 Å². The van der Waals surface area contributed by atoms with Crippen LogP contribution in [0.2, 0.25) is 5.02 Å². The Morgan fingerprint density at radius 3 is 2.62 bits per heavy atom. The highest BCUT2D eigenvalue weighted by atomic mass is 35.5. The Hall–Kier alpha value is -2.98. The number of aryl methyl sites for hydroxylation is 1. The lowest BCUT2D eigenvalue weighted by Gasteiger charge is -2.16. The molecule has 0 aliphatic rings. The summed E-state index contributed by atoms with van der Waals surface area (Å²) in [6.07, 6.45) is -3.31. The number of allylic oxidation sites excluding steroid dienone is 1. The topological polar surface area (TPSA) is 69.0 Å². The first-order valence-electron chi connectivity index (χ1n) is 10.1. The largest absolute Gasteiger partial charge is 0.483 e. The molecule has 3 aromatic rings. The summed E-state index contributed by atoms with van der Waals surface area (Å²) in [5.41, 5.74) is 0.0893. The molecule has 6 nitrogen and oxygen atoms in total. The van der Waals surface area contributed by atoms with Crippen molar-refractivity contribution in [2.75, 3.05) is 11.1 Å². The number of hydrogen-bond donors (Lipinski definition) is 1. The lowest BCUT2D eigenvalue weighted by Crippen LogP contribution is -2.16. The fourth-order valence-electron chi connectivity index (χ4n) is 3.00. The second-order valence-corrected chi connectivity index (χ2v) is 8.69. The van der Waals surface area contributed by atoms with Crippen LogP contribution in [0.3, 0.4) is 0 Å². The number of carbonyl (C=O) groups is 1. The smallest absolute Gasteiger partial charge is 0.416 e. The van der Waals surface area contributed by atoms with E-state index >= 15 is 0 Å². The van der Waals surface area contributed by atoms with Crippen LogP contribution in [0.4, 0.5) is 18.9 Å². The molecule has 2 aromatic carbocycles. The van der Waals surface area contributed by atoms with Crippen molar-refractivity contribution in [1.29, 1.82) is 0 Å². The van der Waals surface area contributed by atoms with Crippen LogP contribution < -0.4 is 10.1 Å². The minimum Gasteiger partial charge on any atom is -0.483 e. The minimum atomic E-state index is -4.55. The number of carbonyl (C=O) groups excluding carboxylic acids is 1. The highest BCUT2D eigenvalue weighted by molar-refractivity contribution is 7.99. The van der Waals surface area contributed by atoms with Crippen LogP contribution in [-0.4, -0.2) is 26.4 Å². The number of halogens is 4. The van der Waals surface area contributed by atoms with Gasteiger partial charge in [0.25, 0.3) is 0 Å². The van der Waals surface area contributed by atoms with Crippen LogP contribution in [0.15, 0.2) is 60.3 Å². The first-order chi connectivity index (χ1) is 16.1.